The number of allylic oxidation sites excluding steroid dienone is 1. The van der Waals surface area contributed by atoms with Gasteiger partial charge >= 0.3 is 0 Å². The van der Waals surface area contributed by atoms with E-state index in [-0.39, 0.29) is 0 Å². The fourth-order valence-electron chi connectivity index (χ4n) is 2.16. The maximum absolute atomic E-state index is 10.7. The summed E-state index contributed by atoms with van der Waals surface area (Å²) in [7, 11) is 0. The van der Waals surface area contributed by atoms with Crippen LogP contribution in [0.3, 0.4) is 0 Å². The van der Waals surface area contributed by atoms with Crippen molar-refractivity contribution in [3.63, 3.8) is 0 Å². The van der Waals surface area contributed by atoms with Crippen molar-refractivity contribution in [3.8, 4) is 5.75 Å². The predicted octanol–water partition coefficient (Wildman–Crippen LogP) is 3.22. The molecule has 2 nitrogen and oxygen atoms in total. The maximum atomic E-state index is 10.7. The minimum atomic E-state index is -0.444. The Bertz CT molecular complexity index is 434. The van der Waals surface area contributed by atoms with Crippen LogP contribution in [0.4, 0.5) is 0 Å². The summed E-state index contributed by atoms with van der Waals surface area (Å²) in [5.74, 6) is 0.881. The van der Waals surface area contributed by atoms with Crippen LogP contribution >= 0.6 is 0 Å². The van der Waals surface area contributed by atoms with Gasteiger partial charge in [0.05, 0.1) is 0 Å². The summed E-state index contributed by atoms with van der Waals surface area (Å²) >= 11 is 0. The van der Waals surface area contributed by atoms with Crippen molar-refractivity contribution in [3.05, 3.63) is 35.9 Å². The number of ether oxygens (including phenoxy) is 1. The van der Waals surface area contributed by atoms with E-state index in [9.17, 15) is 4.79 Å². The maximum Gasteiger partial charge on any atom is 0.134 e. The molecule has 1 heterocycles. The molecule has 2 heteroatoms. The van der Waals surface area contributed by atoms with Crippen LogP contribution < -0.4 is 4.74 Å². The Morgan fingerprint density at radius 3 is 2.81 bits per heavy atom. The molecular weight excluding hydrogens is 200 g/mol. The van der Waals surface area contributed by atoms with E-state index in [0.717, 1.165) is 24.0 Å². The molecule has 1 aliphatic rings. The Kier molecular flexibility index (Phi) is 2.82. The van der Waals surface area contributed by atoms with E-state index in [1.165, 1.54) is 5.57 Å². The second-order valence-electron chi connectivity index (χ2n) is 4.21. The van der Waals surface area contributed by atoms with E-state index in [2.05, 4.69) is 13.0 Å². The molecule has 0 N–H and O–H groups in total. The molecule has 0 bridgehead atoms. The Labute approximate surface area is 95.9 Å². The first kappa shape index (κ1) is 10.9. The molecule has 1 aromatic carbocycles. The van der Waals surface area contributed by atoms with Gasteiger partial charge in [-0.1, -0.05) is 25.1 Å². The zero-order valence-electron chi connectivity index (χ0n) is 9.69. The van der Waals surface area contributed by atoms with E-state index in [4.69, 9.17) is 4.74 Å². The molecule has 0 saturated heterocycles. The molecule has 0 saturated carbocycles. The number of hydrogen-bond acceptors (Lipinski definition) is 2. The zero-order chi connectivity index (χ0) is 11.6. The Morgan fingerprint density at radius 1 is 1.38 bits per heavy atom. The minimum absolute atomic E-state index is 0.412. The molecule has 1 aromatic rings. The van der Waals surface area contributed by atoms with Crippen molar-refractivity contribution in [1.29, 1.82) is 0 Å². The van der Waals surface area contributed by atoms with Crippen LogP contribution in [0.5, 0.6) is 5.75 Å². The highest BCUT2D eigenvalue weighted by molar-refractivity contribution is 5.73. The fraction of sp³-hybridized carbons (Fsp3) is 0.357. The second kappa shape index (κ2) is 4.12. The number of fused-ring (bicyclic) bond motifs is 1. The van der Waals surface area contributed by atoms with Crippen LogP contribution in [-0.4, -0.2) is 11.9 Å². The highest BCUT2D eigenvalue weighted by Gasteiger charge is 2.32. The van der Waals surface area contributed by atoms with Crippen LogP contribution in [0.2, 0.25) is 0 Å². The summed E-state index contributed by atoms with van der Waals surface area (Å²) in [6.07, 6.45) is 4.22. The SMILES string of the molecule is CC[C@]1(CC=O)C=C(C)c2ccccc2O1. The molecule has 0 aliphatic carbocycles. The van der Waals surface area contributed by atoms with Crippen molar-refractivity contribution in [1.82, 2.24) is 0 Å². The van der Waals surface area contributed by atoms with Gasteiger partial charge in [0.2, 0.25) is 0 Å². The van der Waals surface area contributed by atoms with Crippen molar-refractivity contribution in [2.75, 3.05) is 0 Å². The predicted molar refractivity (Wildman–Crippen MR) is 64.4 cm³/mol. The first-order chi connectivity index (χ1) is 7.71. The summed E-state index contributed by atoms with van der Waals surface area (Å²) in [5, 5.41) is 0. The molecule has 2 rings (SSSR count). The molecule has 1 atom stereocenters. The molecule has 0 radical (unpaired) electrons. The lowest BCUT2D eigenvalue weighted by Gasteiger charge is -2.34. The first-order valence-electron chi connectivity index (χ1n) is 5.62. The normalized spacial score (nSPS) is 23.0. The van der Waals surface area contributed by atoms with Crippen LogP contribution in [0.1, 0.15) is 32.3 Å². The smallest absolute Gasteiger partial charge is 0.134 e. The highest BCUT2D eigenvalue weighted by atomic mass is 16.5. The van der Waals surface area contributed by atoms with Gasteiger partial charge < -0.3 is 9.53 Å². The molecule has 0 fully saturated rings. The lowest BCUT2D eigenvalue weighted by Crippen LogP contribution is -2.36. The Hall–Kier alpha value is -1.57. The third kappa shape index (κ3) is 1.75. The Balaban J connectivity index is 2.45. The number of hydrogen-bond donors (Lipinski definition) is 0. The summed E-state index contributed by atoms with van der Waals surface area (Å²) in [6.45, 7) is 4.11. The van der Waals surface area contributed by atoms with E-state index in [1.807, 2.05) is 31.2 Å². The van der Waals surface area contributed by atoms with Crippen molar-refractivity contribution < 1.29 is 9.53 Å². The number of aldehydes is 1. The minimum Gasteiger partial charge on any atom is -0.482 e. The molecule has 0 aromatic heterocycles. The molecule has 0 amide bonds. The average molecular weight is 216 g/mol. The van der Waals surface area contributed by atoms with Gasteiger partial charge in [-0.3, -0.25) is 0 Å². The fourth-order valence-corrected chi connectivity index (χ4v) is 2.16. The van der Waals surface area contributed by atoms with Crippen LogP contribution in [0.25, 0.3) is 5.57 Å². The lowest BCUT2D eigenvalue weighted by atomic mass is 9.89. The van der Waals surface area contributed by atoms with Gasteiger partial charge in [0.25, 0.3) is 0 Å². The zero-order valence-corrected chi connectivity index (χ0v) is 9.69. The largest absolute Gasteiger partial charge is 0.482 e. The van der Waals surface area contributed by atoms with Gasteiger partial charge in [-0.25, -0.2) is 0 Å². The van der Waals surface area contributed by atoms with E-state index in [1.54, 1.807) is 0 Å². The van der Waals surface area contributed by atoms with Gasteiger partial charge in [0, 0.05) is 12.0 Å². The second-order valence-corrected chi connectivity index (χ2v) is 4.21. The topological polar surface area (TPSA) is 26.3 Å². The monoisotopic (exact) mass is 216 g/mol. The Morgan fingerprint density at radius 2 is 2.12 bits per heavy atom. The van der Waals surface area contributed by atoms with Crippen LogP contribution in [0.15, 0.2) is 30.3 Å². The summed E-state index contributed by atoms with van der Waals surface area (Å²) < 4.78 is 5.97. The van der Waals surface area contributed by atoms with E-state index in [0.29, 0.717) is 6.42 Å². The summed E-state index contributed by atoms with van der Waals surface area (Å²) in [4.78, 5) is 10.7. The number of carbonyl (C=O) groups is 1. The summed E-state index contributed by atoms with van der Waals surface area (Å²) in [6, 6.07) is 7.96. The lowest BCUT2D eigenvalue weighted by molar-refractivity contribution is -0.110. The molecule has 84 valence electrons. The summed E-state index contributed by atoms with van der Waals surface area (Å²) in [5.41, 5.74) is 1.86. The van der Waals surface area contributed by atoms with E-state index >= 15 is 0 Å². The molecule has 16 heavy (non-hydrogen) atoms. The molecule has 0 unspecified atom stereocenters. The van der Waals surface area contributed by atoms with Gasteiger partial charge in [-0.05, 0) is 31.1 Å². The first-order valence-corrected chi connectivity index (χ1v) is 5.62. The van der Waals surface area contributed by atoms with Gasteiger partial charge in [-0.15, -0.1) is 0 Å². The number of rotatable bonds is 3. The number of carbonyl (C=O) groups excluding carboxylic acids is 1. The number of para-hydroxylation sites is 1. The van der Waals surface area contributed by atoms with Gasteiger partial charge in [-0.2, -0.15) is 0 Å². The quantitative estimate of drug-likeness (QED) is 0.725. The van der Waals surface area contributed by atoms with Crippen molar-refractivity contribution in [2.24, 2.45) is 0 Å². The molecule has 0 spiro atoms. The van der Waals surface area contributed by atoms with Crippen molar-refractivity contribution in [2.45, 2.75) is 32.3 Å². The van der Waals surface area contributed by atoms with Gasteiger partial charge in [0.1, 0.15) is 17.6 Å². The van der Waals surface area contributed by atoms with Crippen molar-refractivity contribution >= 4 is 11.9 Å². The molecular formula is C14H16O2. The standard InChI is InChI=1S/C14H16O2/c1-3-14(8-9-15)10-11(2)12-6-4-5-7-13(12)16-14/h4-7,9-10H,3,8H2,1-2H3/t14-/m0/s1. The van der Waals surface area contributed by atoms with Gasteiger partial charge in [0.15, 0.2) is 0 Å². The van der Waals surface area contributed by atoms with Crippen LogP contribution in [0, 0.1) is 0 Å². The third-order valence-electron chi connectivity index (χ3n) is 3.13. The average Bonchev–Trinajstić information content (AvgIpc) is 2.29. The molecule has 1 aliphatic heterocycles. The third-order valence-corrected chi connectivity index (χ3v) is 3.13. The van der Waals surface area contributed by atoms with Crippen LogP contribution in [-0.2, 0) is 4.79 Å². The number of benzene rings is 1. The highest BCUT2D eigenvalue weighted by Crippen LogP contribution is 2.38. The van der Waals surface area contributed by atoms with E-state index < -0.39 is 5.60 Å².